The van der Waals surface area contributed by atoms with Crippen LogP contribution in [-0.4, -0.2) is 29.9 Å². The van der Waals surface area contributed by atoms with E-state index in [0.29, 0.717) is 16.6 Å². The van der Waals surface area contributed by atoms with Crippen LogP contribution >= 0.6 is 35.6 Å². The Morgan fingerprint density at radius 3 is 2.29 bits per heavy atom. The SMILES string of the molecule is CC(OC[C@H](O)CNC(C)(C)Cc1ccc2ccccc2c1)c1c(Cl)cccc1Cl.Cl. The first-order valence-electron chi connectivity index (χ1n) is 10.2. The topological polar surface area (TPSA) is 41.5 Å². The Labute approximate surface area is 201 Å². The number of fused-ring (bicyclic) bond motifs is 1. The highest BCUT2D eigenvalue weighted by Gasteiger charge is 2.21. The van der Waals surface area contributed by atoms with Gasteiger partial charge in [-0.1, -0.05) is 71.7 Å². The van der Waals surface area contributed by atoms with Crippen LogP contribution in [0.15, 0.2) is 60.7 Å². The third kappa shape index (κ3) is 7.35. The average molecular weight is 483 g/mol. The van der Waals surface area contributed by atoms with Crippen molar-refractivity contribution in [3.8, 4) is 0 Å². The molecule has 3 aromatic carbocycles. The number of hydrogen-bond acceptors (Lipinski definition) is 3. The first-order valence-corrected chi connectivity index (χ1v) is 11.0. The summed E-state index contributed by atoms with van der Waals surface area (Å²) in [6, 6.07) is 20.3. The van der Waals surface area contributed by atoms with Gasteiger partial charge in [0.2, 0.25) is 0 Å². The van der Waals surface area contributed by atoms with Gasteiger partial charge in [-0.05, 0) is 55.7 Å². The second-order valence-corrected chi connectivity index (χ2v) is 9.20. The number of hydrogen-bond donors (Lipinski definition) is 2. The van der Waals surface area contributed by atoms with Gasteiger partial charge in [0.15, 0.2) is 0 Å². The lowest BCUT2D eigenvalue weighted by Gasteiger charge is -2.28. The van der Waals surface area contributed by atoms with Crippen LogP contribution in [0.1, 0.15) is 38.0 Å². The molecule has 0 aliphatic heterocycles. The Bertz CT molecular complexity index is 973. The highest BCUT2D eigenvalue weighted by atomic mass is 35.5. The monoisotopic (exact) mass is 481 g/mol. The Balaban J connectivity index is 0.00000341. The van der Waals surface area contributed by atoms with Crippen molar-refractivity contribution < 1.29 is 9.84 Å². The zero-order valence-corrected chi connectivity index (χ0v) is 20.4. The van der Waals surface area contributed by atoms with Crippen LogP contribution < -0.4 is 5.32 Å². The number of aliphatic hydroxyl groups excluding tert-OH is 1. The van der Waals surface area contributed by atoms with E-state index < -0.39 is 6.10 Å². The molecule has 0 aromatic heterocycles. The van der Waals surface area contributed by atoms with Crippen molar-refractivity contribution in [1.29, 1.82) is 0 Å². The normalized spacial score (nSPS) is 13.6. The summed E-state index contributed by atoms with van der Waals surface area (Å²) >= 11 is 12.5. The van der Waals surface area contributed by atoms with Crippen LogP contribution in [0.4, 0.5) is 0 Å². The molecule has 0 bridgehead atoms. The third-order valence-electron chi connectivity index (χ3n) is 5.22. The van der Waals surface area contributed by atoms with Crippen molar-refractivity contribution in [2.45, 2.75) is 44.9 Å². The Morgan fingerprint density at radius 2 is 1.61 bits per heavy atom. The van der Waals surface area contributed by atoms with E-state index in [9.17, 15) is 5.11 Å². The molecular weight excluding hydrogens is 453 g/mol. The molecule has 0 radical (unpaired) electrons. The summed E-state index contributed by atoms with van der Waals surface area (Å²) in [5.41, 5.74) is 1.85. The maximum Gasteiger partial charge on any atom is 0.0898 e. The fourth-order valence-corrected chi connectivity index (χ4v) is 4.32. The van der Waals surface area contributed by atoms with Crippen molar-refractivity contribution in [1.82, 2.24) is 5.32 Å². The van der Waals surface area contributed by atoms with Gasteiger partial charge < -0.3 is 15.2 Å². The summed E-state index contributed by atoms with van der Waals surface area (Å²) in [6.45, 7) is 6.80. The van der Waals surface area contributed by atoms with E-state index in [-0.39, 0.29) is 30.7 Å². The smallest absolute Gasteiger partial charge is 0.0898 e. The van der Waals surface area contributed by atoms with Crippen LogP contribution in [0.3, 0.4) is 0 Å². The minimum Gasteiger partial charge on any atom is -0.389 e. The standard InChI is InChI=1S/C25H29Cl2NO2.ClH/c1-17(24-22(26)9-6-10-23(24)27)30-16-21(29)15-28-25(2,3)14-18-11-12-19-7-4-5-8-20(19)13-18;/h4-13,17,21,28-29H,14-16H2,1-3H3;1H/t17?,21-;/m1./s1. The molecule has 6 heteroatoms. The van der Waals surface area contributed by atoms with Crippen molar-refractivity contribution in [2.24, 2.45) is 0 Å². The van der Waals surface area contributed by atoms with Crippen molar-refractivity contribution in [3.63, 3.8) is 0 Å². The zero-order valence-electron chi connectivity index (χ0n) is 18.1. The number of nitrogens with one attached hydrogen (secondary N) is 1. The lowest BCUT2D eigenvalue weighted by atomic mass is 9.93. The van der Waals surface area contributed by atoms with Crippen LogP contribution in [0, 0.1) is 0 Å². The second kappa shape index (κ2) is 11.5. The molecule has 168 valence electrons. The molecule has 0 aliphatic rings. The molecule has 0 heterocycles. The van der Waals surface area contributed by atoms with E-state index >= 15 is 0 Å². The lowest BCUT2D eigenvalue weighted by Crippen LogP contribution is -2.46. The van der Waals surface area contributed by atoms with Crippen LogP contribution in [0.25, 0.3) is 10.8 Å². The molecule has 0 spiro atoms. The quantitative estimate of drug-likeness (QED) is 0.360. The number of halogens is 3. The van der Waals surface area contributed by atoms with Gasteiger partial charge in [-0.15, -0.1) is 12.4 Å². The summed E-state index contributed by atoms with van der Waals surface area (Å²) in [4.78, 5) is 0. The molecule has 1 unspecified atom stereocenters. The molecule has 0 saturated heterocycles. The van der Waals surface area contributed by atoms with Crippen LogP contribution in [0.2, 0.25) is 10.0 Å². The Hall–Kier alpha value is -1.33. The van der Waals surface area contributed by atoms with Crippen LogP contribution in [-0.2, 0) is 11.2 Å². The molecule has 2 atom stereocenters. The van der Waals surface area contributed by atoms with E-state index in [2.05, 4.69) is 61.6 Å². The molecule has 2 N–H and O–H groups in total. The lowest BCUT2D eigenvalue weighted by molar-refractivity contribution is -0.00410. The van der Waals surface area contributed by atoms with Crippen molar-refractivity contribution in [2.75, 3.05) is 13.2 Å². The summed E-state index contributed by atoms with van der Waals surface area (Å²) in [5.74, 6) is 0. The summed E-state index contributed by atoms with van der Waals surface area (Å²) in [5, 5.41) is 17.5. The van der Waals surface area contributed by atoms with Gasteiger partial charge >= 0.3 is 0 Å². The summed E-state index contributed by atoms with van der Waals surface area (Å²) in [7, 11) is 0. The Kier molecular flexibility index (Phi) is 9.63. The largest absolute Gasteiger partial charge is 0.389 e. The van der Waals surface area contributed by atoms with Crippen molar-refractivity contribution >= 4 is 46.4 Å². The summed E-state index contributed by atoms with van der Waals surface area (Å²) in [6.07, 6.45) is -0.0760. The molecule has 3 aromatic rings. The number of benzene rings is 3. The predicted octanol–water partition coefficient (Wildman–Crippen LogP) is 6.62. The fourth-order valence-electron chi connectivity index (χ4n) is 3.61. The van der Waals surface area contributed by atoms with E-state index in [1.807, 2.05) is 6.92 Å². The molecular formula is C25H30Cl3NO2. The maximum atomic E-state index is 10.4. The van der Waals surface area contributed by atoms with Crippen molar-refractivity contribution in [3.05, 3.63) is 81.8 Å². The average Bonchev–Trinajstić information content (AvgIpc) is 2.70. The third-order valence-corrected chi connectivity index (χ3v) is 5.88. The van der Waals surface area contributed by atoms with Gasteiger partial charge in [0.1, 0.15) is 0 Å². The fraction of sp³-hybridized carbons (Fsp3) is 0.360. The predicted molar refractivity (Wildman–Crippen MR) is 134 cm³/mol. The molecule has 0 saturated carbocycles. The zero-order chi connectivity index (χ0) is 21.7. The first-order chi connectivity index (χ1) is 14.2. The van der Waals surface area contributed by atoms with Gasteiger partial charge in [-0.3, -0.25) is 0 Å². The van der Waals surface area contributed by atoms with E-state index in [0.717, 1.165) is 12.0 Å². The molecule has 0 aliphatic carbocycles. The van der Waals surface area contributed by atoms with Gasteiger partial charge in [0.05, 0.1) is 18.8 Å². The van der Waals surface area contributed by atoms with Gasteiger partial charge in [-0.2, -0.15) is 0 Å². The van der Waals surface area contributed by atoms with E-state index in [1.165, 1.54) is 16.3 Å². The minimum atomic E-state index is -0.635. The molecule has 3 rings (SSSR count). The number of aliphatic hydroxyl groups is 1. The van der Waals surface area contributed by atoms with E-state index in [1.54, 1.807) is 18.2 Å². The molecule has 0 amide bonds. The Morgan fingerprint density at radius 1 is 0.968 bits per heavy atom. The number of β-amino-alcohol motifs (C(OH)–C–C–N with tert-alkyl or cyclic N) is 1. The number of rotatable bonds is 9. The molecule has 3 nitrogen and oxygen atoms in total. The summed E-state index contributed by atoms with van der Waals surface area (Å²) < 4.78 is 5.82. The first kappa shape index (κ1) is 25.9. The van der Waals surface area contributed by atoms with Gasteiger partial charge in [0.25, 0.3) is 0 Å². The highest BCUT2D eigenvalue weighted by molar-refractivity contribution is 6.36. The molecule has 31 heavy (non-hydrogen) atoms. The molecule has 0 fully saturated rings. The number of ether oxygens (including phenoxy) is 1. The highest BCUT2D eigenvalue weighted by Crippen LogP contribution is 2.32. The van der Waals surface area contributed by atoms with Gasteiger partial charge in [0, 0.05) is 27.7 Å². The second-order valence-electron chi connectivity index (χ2n) is 8.39. The van der Waals surface area contributed by atoms with E-state index in [4.69, 9.17) is 27.9 Å². The maximum absolute atomic E-state index is 10.4. The van der Waals surface area contributed by atoms with Crippen LogP contribution in [0.5, 0.6) is 0 Å². The minimum absolute atomic E-state index is 0. The van der Waals surface area contributed by atoms with Gasteiger partial charge in [-0.25, -0.2) is 0 Å².